The summed E-state index contributed by atoms with van der Waals surface area (Å²) in [5, 5.41) is 13.0. The van der Waals surface area contributed by atoms with Crippen LogP contribution in [0.5, 0.6) is 0 Å². The van der Waals surface area contributed by atoms with Crippen molar-refractivity contribution >= 4 is 0 Å². The Hall–Kier alpha value is -1.73. The van der Waals surface area contributed by atoms with Gasteiger partial charge in [0.1, 0.15) is 12.4 Å². The Kier molecular flexibility index (Phi) is 3.67. The van der Waals surface area contributed by atoms with Gasteiger partial charge in [-0.3, -0.25) is 9.58 Å². The van der Waals surface area contributed by atoms with Gasteiger partial charge in [0.2, 0.25) is 0 Å². The molecule has 0 saturated carbocycles. The number of nitrogens with zero attached hydrogens (tertiary/aromatic N) is 6. The molecule has 4 rings (SSSR count). The molecule has 0 aromatic carbocycles. The molecule has 0 bridgehead atoms. The predicted molar refractivity (Wildman–Crippen MR) is 79.9 cm³/mol. The van der Waals surface area contributed by atoms with E-state index >= 15 is 0 Å². The minimum atomic E-state index is 0.425. The fourth-order valence-corrected chi connectivity index (χ4v) is 3.58. The third-order valence-electron chi connectivity index (χ3n) is 4.75. The maximum Gasteiger partial charge on any atom is 0.159 e. The highest BCUT2D eigenvalue weighted by atomic mass is 16.5. The predicted octanol–water partition coefficient (Wildman–Crippen LogP) is 1.27. The number of hydrogen-bond donors (Lipinski definition) is 0. The second-order valence-corrected chi connectivity index (χ2v) is 6.10. The molecule has 0 radical (unpaired) electrons. The first-order valence-corrected chi connectivity index (χ1v) is 8.03. The summed E-state index contributed by atoms with van der Waals surface area (Å²) >= 11 is 0. The van der Waals surface area contributed by atoms with Gasteiger partial charge >= 0.3 is 0 Å². The lowest BCUT2D eigenvalue weighted by Crippen LogP contribution is -2.35. The van der Waals surface area contributed by atoms with Gasteiger partial charge in [-0.25, -0.2) is 0 Å². The van der Waals surface area contributed by atoms with Crippen LogP contribution >= 0.6 is 0 Å². The van der Waals surface area contributed by atoms with Crippen molar-refractivity contribution in [3.05, 3.63) is 29.6 Å². The first kappa shape index (κ1) is 13.9. The Morgan fingerprint density at radius 3 is 3.09 bits per heavy atom. The van der Waals surface area contributed by atoms with Crippen LogP contribution in [0.4, 0.5) is 0 Å². The van der Waals surface area contributed by atoms with E-state index < -0.39 is 0 Å². The molecule has 1 saturated heterocycles. The maximum absolute atomic E-state index is 5.45. The summed E-state index contributed by atoms with van der Waals surface area (Å²) in [6.07, 6.45) is 5.60. The molecule has 22 heavy (non-hydrogen) atoms. The highest BCUT2D eigenvalue weighted by Crippen LogP contribution is 2.31. The second-order valence-electron chi connectivity index (χ2n) is 6.10. The van der Waals surface area contributed by atoms with Gasteiger partial charge in [-0.05, 0) is 25.5 Å². The first-order chi connectivity index (χ1) is 10.8. The van der Waals surface area contributed by atoms with Crippen molar-refractivity contribution in [3.63, 3.8) is 0 Å². The van der Waals surface area contributed by atoms with Gasteiger partial charge in [0.15, 0.2) is 5.82 Å². The smallest absolute Gasteiger partial charge is 0.159 e. The standard InChI is InChI=1S/C15H22N6O/c1-19-12(5-6-16-19)13-4-2-3-7-20(13)10-14-17-18-15-11-22-9-8-21(14)15/h5-6,13H,2-4,7-11H2,1H3. The van der Waals surface area contributed by atoms with Crippen molar-refractivity contribution in [1.82, 2.24) is 29.4 Å². The van der Waals surface area contributed by atoms with Crippen molar-refractivity contribution < 1.29 is 4.74 Å². The molecule has 7 heteroatoms. The number of fused-ring (bicyclic) bond motifs is 1. The van der Waals surface area contributed by atoms with Gasteiger partial charge in [0.05, 0.1) is 24.9 Å². The van der Waals surface area contributed by atoms with Crippen LogP contribution in [0.3, 0.4) is 0 Å². The van der Waals surface area contributed by atoms with E-state index in [1.54, 1.807) is 0 Å². The fraction of sp³-hybridized carbons (Fsp3) is 0.667. The molecular weight excluding hydrogens is 280 g/mol. The summed E-state index contributed by atoms with van der Waals surface area (Å²) in [4.78, 5) is 2.52. The number of piperidine rings is 1. The van der Waals surface area contributed by atoms with Gasteiger partial charge < -0.3 is 9.30 Å². The maximum atomic E-state index is 5.45. The second kappa shape index (κ2) is 5.81. The zero-order valence-corrected chi connectivity index (χ0v) is 13.0. The summed E-state index contributed by atoms with van der Waals surface area (Å²) in [5.41, 5.74) is 1.29. The van der Waals surface area contributed by atoms with Crippen LogP contribution in [0, 0.1) is 0 Å². The molecule has 0 aliphatic carbocycles. The molecule has 1 fully saturated rings. The number of hydrogen-bond acceptors (Lipinski definition) is 5. The summed E-state index contributed by atoms with van der Waals surface area (Å²) < 4.78 is 9.66. The normalized spacial score (nSPS) is 22.7. The van der Waals surface area contributed by atoms with Gasteiger partial charge in [-0.2, -0.15) is 5.10 Å². The molecule has 1 unspecified atom stereocenters. The number of ether oxygens (including phenoxy) is 1. The Morgan fingerprint density at radius 2 is 2.23 bits per heavy atom. The van der Waals surface area contributed by atoms with E-state index in [-0.39, 0.29) is 0 Å². The molecular formula is C15H22N6O. The lowest BCUT2D eigenvalue weighted by molar-refractivity contribution is 0.0773. The molecule has 7 nitrogen and oxygen atoms in total. The minimum Gasteiger partial charge on any atom is -0.372 e. The van der Waals surface area contributed by atoms with E-state index in [1.807, 2.05) is 17.9 Å². The van der Waals surface area contributed by atoms with Crippen molar-refractivity contribution in [3.8, 4) is 0 Å². The van der Waals surface area contributed by atoms with E-state index in [1.165, 1.54) is 25.0 Å². The van der Waals surface area contributed by atoms with Gasteiger partial charge in [0, 0.05) is 19.8 Å². The van der Waals surface area contributed by atoms with Crippen LogP contribution in [0.1, 0.15) is 42.6 Å². The van der Waals surface area contributed by atoms with Gasteiger partial charge in [-0.1, -0.05) is 6.42 Å². The summed E-state index contributed by atoms with van der Waals surface area (Å²) in [7, 11) is 2.03. The summed E-state index contributed by atoms with van der Waals surface area (Å²) in [5.74, 6) is 2.02. The largest absolute Gasteiger partial charge is 0.372 e. The lowest BCUT2D eigenvalue weighted by atomic mass is 9.99. The monoisotopic (exact) mass is 302 g/mol. The Bertz CT molecular complexity index is 648. The van der Waals surface area contributed by atoms with E-state index in [4.69, 9.17) is 4.74 Å². The number of rotatable bonds is 3. The lowest BCUT2D eigenvalue weighted by Gasteiger charge is -2.35. The Morgan fingerprint density at radius 1 is 1.27 bits per heavy atom. The van der Waals surface area contributed by atoms with Crippen LogP contribution in [-0.4, -0.2) is 42.6 Å². The van der Waals surface area contributed by atoms with Crippen molar-refractivity contribution in [1.29, 1.82) is 0 Å². The topological polar surface area (TPSA) is 61.0 Å². The average Bonchev–Trinajstić information content (AvgIpc) is 3.15. The fourth-order valence-electron chi connectivity index (χ4n) is 3.58. The quantitative estimate of drug-likeness (QED) is 0.854. The minimum absolute atomic E-state index is 0.425. The van der Waals surface area contributed by atoms with Crippen molar-refractivity contribution in [2.45, 2.75) is 45.0 Å². The molecule has 0 amide bonds. The molecule has 4 heterocycles. The third kappa shape index (κ3) is 2.44. The van der Waals surface area contributed by atoms with E-state index in [9.17, 15) is 0 Å². The van der Waals surface area contributed by atoms with E-state index in [0.717, 1.165) is 37.9 Å². The van der Waals surface area contributed by atoms with Crippen LogP contribution in [-0.2, 0) is 31.5 Å². The Balaban J connectivity index is 1.57. The van der Waals surface area contributed by atoms with Gasteiger partial charge in [0.25, 0.3) is 0 Å². The van der Waals surface area contributed by atoms with Crippen molar-refractivity contribution in [2.24, 2.45) is 7.05 Å². The van der Waals surface area contributed by atoms with Crippen LogP contribution in [0.2, 0.25) is 0 Å². The number of aromatic nitrogens is 5. The average molecular weight is 302 g/mol. The molecule has 2 aliphatic rings. The molecule has 0 spiro atoms. The highest BCUT2D eigenvalue weighted by Gasteiger charge is 2.28. The summed E-state index contributed by atoms with van der Waals surface area (Å²) in [6.45, 7) is 4.15. The van der Waals surface area contributed by atoms with Crippen LogP contribution in [0.15, 0.2) is 12.3 Å². The molecule has 118 valence electrons. The molecule has 2 aliphatic heterocycles. The van der Waals surface area contributed by atoms with E-state index in [2.05, 4.69) is 30.8 Å². The zero-order valence-electron chi connectivity index (χ0n) is 13.0. The number of aryl methyl sites for hydroxylation is 1. The summed E-state index contributed by atoms with van der Waals surface area (Å²) in [6, 6.07) is 2.56. The SMILES string of the molecule is Cn1nccc1C1CCCCN1Cc1nnc2n1CCOC2. The van der Waals surface area contributed by atoms with Crippen LogP contribution in [0.25, 0.3) is 0 Å². The molecule has 1 atom stereocenters. The highest BCUT2D eigenvalue weighted by molar-refractivity contribution is 5.09. The first-order valence-electron chi connectivity index (χ1n) is 8.03. The number of likely N-dealkylation sites (tertiary alicyclic amines) is 1. The molecule has 0 N–H and O–H groups in total. The Labute approximate surface area is 129 Å². The van der Waals surface area contributed by atoms with Gasteiger partial charge in [-0.15, -0.1) is 10.2 Å². The van der Waals surface area contributed by atoms with E-state index in [0.29, 0.717) is 12.6 Å². The molecule has 2 aromatic heterocycles. The zero-order chi connectivity index (χ0) is 14.9. The van der Waals surface area contributed by atoms with Crippen molar-refractivity contribution in [2.75, 3.05) is 13.2 Å². The third-order valence-corrected chi connectivity index (χ3v) is 4.75. The molecule has 2 aromatic rings. The van der Waals surface area contributed by atoms with Crippen LogP contribution < -0.4 is 0 Å².